The van der Waals surface area contributed by atoms with Gasteiger partial charge in [-0.05, 0) is 24.0 Å². The second-order valence-electron chi connectivity index (χ2n) is 5.28. The van der Waals surface area contributed by atoms with Gasteiger partial charge in [0.1, 0.15) is 0 Å². The molecule has 1 amide bonds. The van der Waals surface area contributed by atoms with Gasteiger partial charge in [0.25, 0.3) is 0 Å². The van der Waals surface area contributed by atoms with E-state index in [1.807, 2.05) is 13.0 Å². The first-order valence-electron chi connectivity index (χ1n) is 8.07. The molecule has 0 atom stereocenters. The summed E-state index contributed by atoms with van der Waals surface area (Å²) >= 11 is 2.93. The second-order valence-corrected chi connectivity index (χ2v) is 7.77. The maximum Gasteiger partial charge on any atom is 0.232 e. The Kier molecular flexibility index (Phi) is 6.30. The van der Waals surface area contributed by atoms with Crippen molar-refractivity contribution in [3.8, 4) is 22.8 Å². The first kappa shape index (κ1) is 19.2. The van der Waals surface area contributed by atoms with Crippen molar-refractivity contribution in [1.82, 2.24) is 15.4 Å². The fourth-order valence-corrected chi connectivity index (χ4v) is 3.96. The Morgan fingerprint density at radius 2 is 2.04 bits per heavy atom. The molecule has 0 bridgehead atoms. The molecule has 0 radical (unpaired) electrons. The molecule has 0 spiro atoms. The third kappa shape index (κ3) is 4.77. The molecule has 0 aliphatic heterocycles. The fourth-order valence-electron chi connectivity index (χ4n) is 2.29. The highest BCUT2D eigenvalue weighted by Crippen LogP contribution is 2.32. The van der Waals surface area contributed by atoms with E-state index in [2.05, 4.69) is 20.7 Å². The molecule has 2 heterocycles. The summed E-state index contributed by atoms with van der Waals surface area (Å²) in [5.41, 5.74) is 1.29. The normalized spacial score (nSPS) is 10.6. The number of aromatic nitrogens is 3. The van der Waals surface area contributed by atoms with Gasteiger partial charge in [0.2, 0.25) is 11.0 Å². The van der Waals surface area contributed by atoms with Gasteiger partial charge in [-0.25, -0.2) is 0 Å². The van der Waals surface area contributed by atoms with Crippen LogP contribution in [0.25, 0.3) is 11.3 Å². The second kappa shape index (κ2) is 8.87. The van der Waals surface area contributed by atoms with E-state index in [0.29, 0.717) is 28.1 Å². The average Bonchev–Trinajstić information content (AvgIpc) is 3.31. The summed E-state index contributed by atoms with van der Waals surface area (Å²) in [7, 11) is 3.14. The lowest BCUT2D eigenvalue weighted by molar-refractivity contribution is -0.115. The van der Waals surface area contributed by atoms with Crippen LogP contribution in [0.5, 0.6) is 11.5 Å². The number of benzene rings is 1. The summed E-state index contributed by atoms with van der Waals surface area (Å²) in [6.45, 7) is 2.03. The van der Waals surface area contributed by atoms with E-state index >= 15 is 0 Å². The van der Waals surface area contributed by atoms with Crippen LogP contribution in [-0.4, -0.2) is 41.2 Å². The molecule has 0 fully saturated rings. The quantitative estimate of drug-likeness (QED) is 0.448. The number of nitrogens with zero attached hydrogens (tertiary/aromatic N) is 3. The lowest BCUT2D eigenvalue weighted by Crippen LogP contribution is -2.14. The van der Waals surface area contributed by atoms with Gasteiger partial charge in [0.15, 0.2) is 21.6 Å². The molecule has 0 aliphatic rings. The molecule has 0 saturated heterocycles. The predicted octanol–water partition coefficient (Wildman–Crippen LogP) is 3.50. The maximum atomic E-state index is 12.2. The first-order valence-corrected chi connectivity index (χ1v) is 9.87. The maximum absolute atomic E-state index is 12.2. The van der Waals surface area contributed by atoms with Crippen LogP contribution in [0.15, 0.2) is 33.1 Å². The molecule has 1 N–H and O–H groups in total. The molecule has 142 valence electrons. The van der Waals surface area contributed by atoms with Gasteiger partial charge >= 0.3 is 0 Å². The smallest absolute Gasteiger partial charge is 0.232 e. The molecule has 0 unspecified atom stereocenters. The van der Waals surface area contributed by atoms with Crippen LogP contribution in [0.4, 0.5) is 5.13 Å². The van der Waals surface area contributed by atoms with Crippen molar-refractivity contribution in [1.29, 1.82) is 0 Å². The standard InChI is InChI=1S/C17H18N4O4S2/c1-4-26-17-20-19-16(27-17)18-15(22)9-11-8-13(25-21-11)10-5-6-12(23-2)14(7-10)24-3/h5-8H,4,9H2,1-3H3,(H,18,19,22). The van der Waals surface area contributed by atoms with Crippen LogP contribution < -0.4 is 14.8 Å². The number of anilines is 1. The van der Waals surface area contributed by atoms with Crippen molar-refractivity contribution >= 4 is 34.1 Å². The van der Waals surface area contributed by atoms with Crippen molar-refractivity contribution in [3.63, 3.8) is 0 Å². The zero-order valence-corrected chi connectivity index (χ0v) is 16.6. The number of hydrogen-bond acceptors (Lipinski definition) is 9. The SMILES string of the molecule is CCSc1nnc(NC(=O)Cc2cc(-c3ccc(OC)c(OC)c3)on2)s1. The summed E-state index contributed by atoms with van der Waals surface area (Å²) in [6.07, 6.45) is 0.0760. The first-order chi connectivity index (χ1) is 13.1. The number of hydrogen-bond donors (Lipinski definition) is 1. The monoisotopic (exact) mass is 406 g/mol. The van der Waals surface area contributed by atoms with E-state index in [-0.39, 0.29) is 12.3 Å². The number of thioether (sulfide) groups is 1. The molecule has 0 saturated carbocycles. The highest BCUT2D eigenvalue weighted by molar-refractivity contribution is 8.01. The highest BCUT2D eigenvalue weighted by Gasteiger charge is 2.14. The number of methoxy groups -OCH3 is 2. The van der Waals surface area contributed by atoms with Crippen LogP contribution in [0.3, 0.4) is 0 Å². The molecule has 2 aromatic heterocycles. The zero-order chi connectivity index (χ0) is 19.2. The minimum absolute atomic E-state index is 0.0760. The van der Waals surface area contributed by atoms with Crippen molar-refractivity contribution in [2.75, 3.05) is 25.3 Å². The number of amides is 1. The Morgan fingerprint density at radius 1 is 1.22 bits per heavy atom. The van der Waals surface area contributed by atoms with Gasteiger partial charge in [0, 0.05) is 11.6 Å². The Hall–Kier alpha value is -2.59. The summed E-state index contributed by atoms with van der Waals surface area (Å²) in [6, 6.07) is 7.13. The molecule has 1 aromatic carbocycles. The summed E-state index contributed by atoms with van der Waals surface area (Å²) in [5, 5.41) is 15.1. The van der Waals surface area contributed by atoms with E-state index in [9.17, 15) is 4.79 Å². The Labute approximate surface area is 164 Å². The molecule has 27 heavy (non-hydrogen) atoms. The molecular weight excluding hydrogens is 388 g/mol. The van der Waals surface area contributed by atoms with Crippen molar-refractivity contribution in [3.05, 3.63) is 30.0 Å². The topological polar surface area (TPSA) is 99.4 Å². The lowest BCUT2D eigenvalue weighted by Gasteiger charge is -2.07. The minimum atomic E-state index is -0.230. The van der Waals surface area contributed by atoms with Crippen molar-refractivity contribution in [2.45, 2.75) is 17.7 Å². The van der Waals surface area contributed by atoms with Gasteiger partial charge in [0.05, 0.1) is 26.3 Å². The zero-order valence-electron chi connectivity index (χ0n) is 15.0. The van der Waals surface area contributed by atoms with Crippen LogP contribution in [0.1, 0.15) is 12.6 Å². The summed E-state index contributed by atoms with van der Waals surface area (Å²) < 4.78 is 16.7. The van der Waals surface area contributed by atoms with E-state index in [1.165, 1.54) is 11.3 Å². The van der Waals surface area contributed by atoms with Gasteiger partial charge in [-0.3, -0.25) is 4.79 Å². The number of carbonyl (C=O) groups is 1. The summed E-state index contributed by atoms with van der Waals surface area (Å²) in [5.74, 6) is 2.42. The average molecular weight is 406 g/mol. The van der Waals surface area contributed by atoms with E-state index in [4.69, 9.17) is 14.0 Å². The van der Waals surface area contributed by atoms with Gasteiger partial charge in [-0.2, -0.15) is 0 Å². The number of ether oxygens (including phenoxy) is 2. The molecule has 3 aromatic rings. The fraction of sp³-hybridized carbons (Fsp3) is 0.294. The van der Waals surface area contributed by atoms with Gasteiger partial charge < -0.3 is 19.3 Å². The largest absolute Gasteiger partial charge is 0.493 e. The van der Waals surface area contributed by atoms with Crippen LogP contribution in [0.2, 0.25) is 0 Å². The third-order valence-corrected chi connectivity index (χ3v) is 5.34. The third-order valence-electron chi connectivity index (χ3n) is 3.49. The number of nitrogens with one attached hydrogen (secondary N) is 1. The lowest BCUT2D eigenvalue weighted by atomic mass is 10.1. The van der Waals surface area contributed by atoms with Crippen molar-refractivity contribution in [2.24, 2.45) is 0 Å². The van der Waals surface area contributed by atoms with E-state index in [1.54, 1.807) is 44.2 Å². The molecule has 0 aliphatic carbocycles. The molecule has 10 heteroatoms. The van der Waals surface area contributed by atoms with Crippen LogP contribution in [-0.2, 0) is 11.2 Å². The van der Waals surface area contributed by atoms with E-state index < -0.39 is 0 Å². The Bertz CT molecular complexity index is 925. The Balaban J connectivity index is 1.65. The Morgan fingerprint density at radius 3 is 2.78 bits per heavy atom. The van der Waals surface area contributed by atoms with Gasteiger partial charge in [-0.15, -0.1) is 10.2 Å². The van der Waals surface area contributed by atoms with Crippen LogP contribution in [0, 0.1) is 0 Å². The molecule has 3 rings (SSSR count). The predicted molar refractivity (Wildman–Crippen MR) is 104 cm³/mol. The van der Waals surface area contributed by atoms with E-state index in [0.717, 1.165) is 15.7 Å². The van der Waals surface area contributed by atoms with Gasteiger partial charge in [-0.1, -0.05) is 35.2 Å². The number of carbonyl (C=O) groups excluding carboxylic acids is 1. The molecule has 8 nitrogen and oxygen atoms in total. The highest BCUT2D eigenvalue weighted by atomic mass is 32.2. The molecular formula is C17H18N4O4S2. The van der Waals surface area contributed by atoms with Crippen molar-refractivity contribution < 1.29 is 18.8 Å². The number of rotatable bonds is 8. The van der Waals surface area contributed by atoms with Crippen LogP contribution >= 0.6 is 23.1 Å². The summed E-state index contributed by atoms with van der Waals surface area (Å²) in [4.78, 5) is 12.2. The minimum Gasteiger partial charge on any atom is -0.493 e.